The monoisotopic (exact) mass is 510 g/mol. The number of ketones is 1. The topological polar surface area (TPSA) is 102 Å². The maximum atomic E-state index is 12.9. The average Bonchev–Trinajstić information content (AvgIpc) is 2.75. The molecule has 0 rings (SSSR count). The van der Waals surface area contributed by atoms with E-state index in [-0.39, 0.29) is 12.4 Å². The van der Waals surface area contributed by atoms with E-state index in [0.717, 1.165) is 38.5 Å². The number of aliphatic hydroxyl groups excluding tert-OH is 1. The summed E-state index contributed by atoms with van der Waals surface area (Å²) in [6.07, 6.45) is 11.0. The summed E-state index contributed by atoms with van der Waals surface area (Å²) >= 11 is 0. The molecule has 0 radical (unpaired) electrons. The molecule has 0 aromatic carbocycles. The molecular formula is C25H53NO7P+. The van der Waals surface area contributed by atoms with Gasteiger partial charge in [-0.05, 0) is 12.8 Å². The quantitative estimate of drug-likeness (QED) is 0.104. The molecule has 34 heavy (non-hydrogen) atoms. The Balaban J connectivity index is 4.74. The second-order valence-electron chi connectivity index (χ2n) is 10.2. The van der Waals surface area contributed by atoms with Crippen LogP contribution < -0.4 is 0 Å². The Labute approximate surface area is 208 Å². The average molecular weight is 511 g/mol. The van der Waals surface area contributed by atoms with Crippen LogP contribution in [-0.4, -0.2) is 80.0 Å². The second kappa shape index (κ2) is 19.8. The van der Waals surface area contributed by atoms with Gasteiger partial charge in [-0.15, -0.1) is 0 Å². The van der Waals surface area contributed by atoms with Crippen LogP contribution >= 0.6 is 7.82 Å². The molecule has 2 N–H and O–H groups in total. The minimum atomic E-state index is -4.44. The predicted octanol–water partition coefficient (Wildman–Crippen LogP) is 5.25. The third-order valence-corrected chi connectivity index (χ3v) is 6.74. The molecule has 0 saturated carbocycles. The number of ether oxygens (including phenoxy) is 1. The number of quaternary nitrogens is 1. The van der Waals surface area contributed by atoms with E-state index in [9.17, 15) is 19.4 Å². The molecule has 9 heteroatoms. The van der Waals surface area contributed by atoms with E-state index in [1.807, 2.05) is 21.1 Å². The van der Waals surface area contributed by atoms with Crippen molar-refractivity contribution in [1.82, 2.24) is 0 Å². The number of carbonyl (C=O) groups excluding carboxylic acids is 1. The van der Waals surface area contributed by atoms with Crippen molar-refractivity contribution >= 4 is 13.6 Å². The molecule has 0 saturated heterocycles. The van der Waals surface area contributed by atoms with Gasteiger partial charge in [-0.1, -0.05) is 78.1 Å². The number of nitrogens with zero attached hydrogens (tertiary/aromatic N) is 1. The van der Waals surface area contributed by atoms with Crippen molar-refractivity contribution in [3.8, 4) is 0 Å². The molecule has 0 aromatic heterocycles. The summed E-state index contributed by atoms with van der Waals surface area (Å²) in [5.74, 6) is -0.204. The minimum Gasteiger partial charge on any atom is -0.394 e. The third-order valence-electron chi connectivity index (χ3n) is 5.69. The van der Waals surface area contributed by atoms with Gasteiger partial charge in [0.1, 0.15) is 25.4 Å². The molecule has 8 nitrogen and oxygen atoms in total. The number of phosphoric ester groups is 1. The Hall–Kier alpha value is -0.340. The molecule has 0 bridgehead atoms. The van der Waals surface area contributed by atoms with Crippen LogP contribution in [0.4, 0.5) is 0 Å². The van der Waals surface area contributed by atoms with E-state index in [4.69, 9.17) is 13.8 Å². The molecule has 0 aromatic rings. The number of rotatable bonds is 24. The van der Waals surface area contributed by atoms with Crippen molar-refractivity contribution in [3.63, 3.8) is 0 Å². The van der Waals surface area contributed by atoms with Crippen LogP contribution in [-0.2, 0) is 23.1 Å². The van der Waals surface area contributed by atoms with Gasteiger partial charge in [0.2, 0.25) is 0 Å². The summed E-state index contributed by atoms with van der Waals surface area (Å²) in [5.41, 5.74) is 0. The number of hydrogen-bond acceptors (Lipinski definition) is 6. The van der Waals surface area contributed by atoms with Gasteiger partial charge in [-0.3, -0.25) is 13.8 Å². The van der Waals surface area contributed by atoms with E-state index < -0.39 is 26.6 Å². The molecular weight excluding hydrogens is 457 g/mol. The minimum absolute atomic E-state index is 0.0177. The fraction of sp³-hybridized carbons (Fsp3) is 0.960. The van der Waals surface area contributed by atoms with Gasteiger partial charge in [0.15, 0.2) is 5.78 Å². The summed E-state index contributed by atoms with van der Waals surface area (Å²) in [5, 5.41) is 9.85. The number of hydrogen-bond donors (Lipinski definition) is 2. The van der Waals surface area contributed by atoms with E-state index in [0.29, 0.717) is 24.1 Å². The lowest BCUT2D eigenvalue weighted by atomic mass is 10.0. The SMILES string of the molecule is CCCCCCCCCCCC(=O)C(OCCCCC)[C@H](CO)OP(=O)(O)OCC[N+](C)(C)C. The van der Waals surface area contributed by atoms with Gasteiger partial charge in [-0.25, -0.2) is 4.57 Å². The highest BCUT2D eigenvalue weighted by Crippen LogP contribution is 2.45. The number of unbranched alkanes of at least 4 members (excludes halogenated alkanes) is 10. The largest absolute Gasteiger partial charge is 0.472 e. The molecule has 0 heterocycles. The third kappa shape index (κ3) is 18.9. The molecule has 2 unspecified atom stereocenters. The normalized spacial score (nSPS) is 15.7. The van der Waals surface area contributed by atoms with E-state index in [1.54, 1.807) is 0 Å². The first-order chi connectivity index (χ1) is 16.1. The van der Waals surface area contributed by atoms with Gasteiger partial charge in [-0.2, -0.15) is 0 Å². The number of Topliss-reactive ketones (excluding diaryl/α,β-unsaturated/α-hetero) is 1. The fourth-order valence-corrected chi connectivity index (χ4v) is 4.43. The lowest BCUT2D eigenvalue weighted by Crippen LogP contribution is -2.41. The van der Waals surface area contributed by atoms with Crippen LogP contribution in [0.25, 0.3) is 0 Å². The maximum Gasteiger partial charge on any atom is 0.472 e. The zero-order valence-electron chi connectivity index (χ0n) is 22.5. The van der Waals surface area contributed by atoms with E-state index in [1.165, 1.54) is 38.5 Å². The molecule has 0 aliphatic carbocycles. The summed E-state index contributed by atoms with van der Waals surface area (Å²) in [6.45, 7) is 4.53. The first-order valence-electron chi connectivity index (χ1n) is 13.3. The van der Waals surface area contributed by atoms with Crippen molar-refractivity contribution in [2.24, 2.45) is 0 Å². The Morgan fingerprint density at radius 1 is 0.853 bits per heavy atom. The van der Waals surface area contributed by atoms with Crippen molar-refractivity contribution in [2.75, 3.05) is 47.5 Å². The predicted molar refractivity (Wildman–Crippen MR) is 137 cm³/mol. The van der Waals surface area contributed by atoms with E-state index >= 15 is 0 Å². The van der Waals surface area contributed by atoms with Crippen LogP contribution in [0, 0.1) is 0 Å². The molecule has 204 valence electrons. The lowest BCUT2D eigenvalue weighted by Gasteiger charge is -2.27. The Bertz CT molecular complexity index is 554. The van der Waals surface area contributed by atoms with Gasteiger partial charge in [0.25, 0.3) is 0 Å². The van der Waals surface area contributed by atoms with Gasteiger partial charge < -0.3 is 19.2 Å². The number of phosphoric acid groups is 1. The Kier molecular flexibility index (Phi) is 19.6. The highest BCUT2D eigenvalue weighted by molar-refractivity contribution is 7.47. The maximum absolute atomic E-state index is 12.9. The van der Waals surface area contributed by atoms with Crippen molar-refractivity contribution in [3.05, 3.63) is 0 Å². The lowest BCUT2D eigenvalue weighted by molar-refractivity contribution is -0.870. The van der Waals surface area contributed by atoms with Crippen LogP contribution in [0.3, 0.4) is 0 Å². The zero-order chi connectivity index (χ0) is 25.9. The van der Waals surface area contributed by atoms with E-state index in [2.05, 4.69) is 13.8 Å². The molecule has 0 fully saturated rings. The van der Waals surface area contributed by atoms with Gasteiger partial charge >= 0.3 is 7.82 Å². The number of likely N-dealkylation sites (N-methyl/N-ethyl adjacent to an activating group) is 1. The Morgan fingerprint density at radius 2 is 1.38 bits per heavy atom. The second-order valence-corrected chi connectivity index (χ2v) is 11.6. The highest BCUT2D eigenvalue weighted by Gasteiger charge is 2.36. The smallest absolute Gasteiger partial charge is 0.394 e. The molecule has 3 atom stereocenters. The van der Waals surface area contributed by atoms with Crippen LogP contribution in [0.1, 0.15) is 97.3 Å². The highest BCUT2D eigenvalue weighted by atomic mass is 31.2. The summed E-state index contributed by atoms with van der Waals surface area (Å²) in [7, 11) is 1.37. The van der Waals surface area contributed by atoms with Crippen molar-refractivity contribution < 1.29 is 37.6 Å². The van der Waals surface area contributed by atoms with Gasteiger partial charge in [0, 0.05) is 13.0 Å². The molecule has 0 aliphatic rings. The molecule has 0 amide bonds. The van der Waals surface area contributed by atoms with Crippen LogP contribution in [0.15, 0.2) is 0 Å². The fourth-order valence-electron chi connectivity index (χ4n) is 3.54. The summed E-state index contributed by atoms with van der Waals surface area (Å²) < 4.78 is 29.0. The Morgan fingerprint density at radius 3 is 1.91 bits per heavy atom. The molecule has 0 aliphatic heterocycles. The first kappa shape index (κ1) is 33.7. The van der Waals surface area contributed by atoms with Crippen molar-refractivity contribution in [1.29, 1.82) is 0 Å². The standard InChI is InChI=1S/C25H52NO7P/c1-6-8-10-11-12-13-14-15-16-18-23(28)25(31-20-17-9-7-2)24(22-27)33-34(29,30)32-21-19-26(3,4)5/h24-25,27H,6-22H2,1-5H3/p+1/t24-,25?/m0/s1. The molecule has 0 spiro atoms. The van der Waals surface area contributed by atoms with Crippen LogP contribution in [0.2, 0.25) is 0 Å². The van der Waals surface area contributed by atoms with Crippen molar-refractivity contribution in [2.45, 2.75) is 110 Å². The zero-order valence-corrected chi connectivity index (χ0v) is 23.4. The van der Waals surface area contributed by atoms with Crippen LogP contribution in [0.5, 0.6) is 0 Å². The first-order valence-corrected chi connectivity index (χ1v) is 14.8. The summed E-state index contributed by atoms with van der Waals surface area (Å²) in [6, 6.07) is 0. The van der Waals surface area contributed by atoms with Gasteiger partial charge in [0.05, 0.1) is 27.7 Å². The number of aliphatic hydroxyl groups is 1. The number of carbonyl (C=O) groups is 1. The summed E-state index contributed by atoms with van der Waals surface area (Å²) in [4.78, 5) is 23.0.